The van der Waals surface area contributed by atoms with Gasteiger partial charge in [-0.1, -0.05) is 5.21 Å². The summed E-state index contributed by atoms with van der Waals surface area (Å²) < 4.78 is 18.3. The van der Waals surface area contributed by atoms with Crippen LogP contribution < -0.4 is 0 Å². The molecule has 0 aromatic carbocycles. The first-order chi connectivity index (χ1) is 6.47. The van der Waals surface area contributed by atoms with E-state index in [9.17, 15) is 0 Å². The summed E-state index contributed by atoms with van der Waals surface area (Å²) in [5, 5.41) is 9.82. The van der Waals surface area contributed by atoms with Gasteiger partial charge in [0.15, 0.2) is 0 Å². The van der Waals surface area contributed by atoms with Gasteiger partial charge < -0.3 is 0 Å². The van der Waals surface area contributed by atoms with Crippen molar-refractivity contribution >= 4 is 40.8 Å². The van der Waals surface area contributed by atoms with Gasteiger partial charge in [-0.15, -0.1) is 5.10 Å². The van der Waals surface area contributed by atoms with Crippen LogP contribution in [0.25, 0.3) is 11.2 Å². The average Bonchev–Trinajstić information content (AvgIpc) is 2.47. The summed E-state index contributed by atoms with van der Waals surface area (Å²) >= 11 is 0. The van der Waals surface area contributed by atoms with Gasteiger partial charge in [0.1, 0.15) is 11.8 Å². The maximum atomic E-state index is 9.16. The first-order valence-corrected chi connectivity index (χ1v) is 6.21. The van der Waals surface area contributed by atoms with E-state index in [1.54, 1.807) is 6.20 Å². The van der Waals surface area contributed by atoms with E-state index < -0.39 is 8.26 Å². The SMILES string of the molecule is O=S(=O)(Cl)Cl.c1ncc2[nH]nnc2n1. The van der Waals surface area contributed by atoms with Crippen molar-refractivity contribution in [1.82, 2.24) is 25.4 Å². The number of fused-ring (bicyclic) bond motifs is 1. The van der Waals surface area contributed by atoms with Gasteiger partial charge >= 0.3 is 8.26 Å². The Balaban J connectivity index is 0.000000171. The third-order valence-corrected chi connectivity index (χ3v) is 1.01. The standard InChI is InChI=1S/C4H3N5.Cl2O2S/c1-3-4(6-2-5-1)8-9-7-3;1-5(2,3)4/h1-2H,(H,5,6,7,8,9);. The molecule has 1 N–H and O–H groups in total. The summed E-state index contributed by atoms with van der Waals surface area (Å²) in [6.07, 6.45) is 3.06. The Bertz CT molecular complexity index is 473. The Morgan fingerprint density at radius 1 is 1.36 bits per heavy atom. The first-order valence-electron chi connectivity index (χ1n) is 3.08. The topological polar surface area (TPSA) is 101 Å². The number of aromatic nitrogens is 5. The number of H-pyrrole nitrogens is 1. The van der Waals surface area contributed by atoms with Crippen LogP contribution in [0.5, 0.6) is 0 Å². The van der Waals surface area contributed by atoms with Crippen LogP contribution in [-0.4, -0.2) is 33.8 Å². The summed E-state index contributed by atoms with van der Waals surface area (Å²) in [4.78, 5) is 7.59. The van der Waals surface area contributed by atoms with Crippen molar-refractivity contribution in [2.24, 2.45) is 0 Å². The Hall–Kier alpha value is -0.990. The van der Waals surface area contributed by atoms with Gasteiger partial charge in [-0.05, 0) is 0 Å². The van der Waals surface area contributed by atoms with Gasteiger partial charge in [0.25, 0.3) is 0 Å². The van der Waals surface area contributed by atoms with Crippen LogP contribution in [0.15, 0.2) is 12.5 Å². The third kappa shape index (κ3) is 4.30. The summed E-state index contributed by atoms with van der Waals surface area (Å²) in [5.74, 6) is 0. The van der Waals surface area contributed by atoms with E-state index in [-0.39, 0.29) is 0 Å². The molecule has 7 nitrogen and oxygen atoms in total. The van der Waals surface area contributed by atoms with E-state index in [2.05, 4.69) is 46.7 Å². The number of nitrogens with zero attached hydrogens (tertiary/aromatic N) is 4. The number of aromatic amines is 1. The molecule has 0 unspecified atom stereocenters. The summed E-state index contributed by atoms with van der Waals surface area (Å²) in [7, 11) is 4.81. The van der Waals surface area contributed by atoms with Crippen LogP contribution in [-0.2, 0) is 8.26 Å². The van der Waals surface area contributed by atoms with Crippen LogP contribution in [0.2, 0.25) is 0 Å². The van der Waals surface area contributed by atoms with Crippen LogP contribution in [0.4, 0.5) is 0 Å². The van der Waals surface area contributed by atoms with E-state index in [1.165, 1.54) is 6.33 Å². The second-order valence-electron chi connectivity index (χ2n) is 1.95. The number of hydrogen-bond donors (Lipinski definition) is 1. The molecular formula is C4H3Cl2N5O2S. The molecule has 0 spiro atoms. The monoisotopic (exact) mass is 255 g/mol. The van der Waals surface area contributed by atoms with Gasteiger partial charge in [0.2, 0.25) is 5.65 Å². The molecule has 2 aromatic rings. The van der Waals surface area contributed by atoms with Crippen LogP contribution in [0, 0.1) is 0 Å². The molecular weight excluding hydrogens is 253 g/mol. The summed E-state index contributed by atoms with van der Waals surface area (Å²) in [6, 6.07) is 0. The van der Waals surface area contributed by atoms with Gasteiger partial charge in [0, 0.05) is 21.4 Å². The zero-order valence-electron chi connectivity index (χ0n) is 6.42. The highest BCUT2D eigenvalue weighted by molar-refractivity contribution is 8.31. The molecule has 0 fully saturated rings. The molecule has 0 atom stereocenters. The molecule has 76 valence electrons. The van der Waals surface area contributed by atoms with Crippen molar-refractivity contribution in [3.05, 3.63) is 12.5 Å². The van der Waals surface area contributed by atoms with Crippen molar-refractivity contribution in [2.75, 3.05) is 0 Å². The average molecular weight is 256 g/mol. The van der Waals surface area contributed by atoms with Crippen LogP contribution >= 0.6 is 21.4 Å². The number of rotatable bonds is 0. The second kappa shape index (κ2) is 4.49. The molecule has 0 radical (unpaired) electrons. The smallest absolute Gasteiger partial charge is 0.254 e. The largest absolute Gasteiger partial charge is 0.317 e. The second-order valence-corrected chi connectivity index (χ2v) is 5.62. The minimum Gasteiger partial charge on any atom is -0.254 e. The lowest BCUT2D eigenvalue weighted by Crippen LogP contribution is -1.76. The minimum atomic E-state index is -3.72. The number of halogens is 2. The highest BCUT2D eigenvalue weighted by Gasteiger charge is 1.92. The van der Waals surface area contributed by atoms with Crippen molar-refractivity contribution in [3.63, 3.8) is 0 Å². The lowest BCUT2D eigenvalue weighted by atomic mass is 10.6. The molecule has 0 saturated heterocycles. The molecule has 2 heterocycles. The number of hydrogen-bond acceptors (Lipinski definition) is 6. The van der Waals surface area contributed by atoms with E-state index in [1.807, 2.05) is 0 Å². The van der Waals surface area contributed by atoms with E-state index in [0.29, 0.717) is 5.65 Å². The van der Waals surface area contributed by atoms with Crippen molar-refractivity contribution in [3.8, 4) is 0 Å². The normalized spacial score (nSPS) is 10.7. The van der Waals surface area contributed by atoms with Crippen LogP contribution in [0.1, 0.15) is 0 Å². The Morgan fingerprint density at radius 3 is 2.57 bits per heavy atom. The molecule has 2 rings (SSSR count). The van der Waals surface area contributed by atoms with E-state index >= 15 is 0 Å². The maximum absolute atomic E-state index is 9.16. The van der Waals surface area contributed by atoms with Crippen molar-refractivity contribution in [1.29, 1.82) is 0 Å². The third-order valence-electron chi connectivity index (χ3n) is 1.01. The zero-order valence-corrected chi connectivity index (χ0v) is 8.75. The lowest BCUT2D eigenvalue weighted by molar-refractivity contribution is 0.621. The Kier molecular flexibility index (Phi) is 3.55. The molecule has 14 heavy (non-hydrogen) atoms. The first kappa shape index (κ1) is 11.1. The molecule has 10 heteroatoms. The molecule has 0 aliphatic carbocycles. The maximum Gasteiger partial charge on any atom is 0.317 e. The molecule has 0 bridgehead atoms. The molecule has 2 aromatic heterocycles. The molecule has 0 saturated carbocycles. The quantitative estimate of drug-likeness (QED) is 0.687. The predicted molar refractivity (Wildman–Crippen MR) is 50.1 cm³/mol. The van der Waals surface area contributed by atoms with Crippen molar-refractivity contribution in [2.45, 2.75) is 0 Å². The Labute approximate surface area is 87.4 Å². The fourth-order valence-electron chi connectivity index (χ4n) is 0.608. The fraction of sp³-hybridized carbons (Fsp3) is 0. The zero-order chi connectivity index (χ0) is 10.6. The van der Waals surface area contributed by atoms with E-state index in [4.69, 9.17) is 8.42 Å². The van der Waals surface area contributed by atoms with Crippen molar-refractivity contribution < 1.29 is 8.42 Å². The Morgan fingerprint density at radius 2 is 2.00 bits per heavy atom. The van der Waals surface area contributed by atoms with E-state index in [0.717, 1.165) is 5.52 Å². The highest BCUT2D eigenvalue weighted by Crippen LogP contribution is 1.98. The van der Waals surface area contributed by atoms with Gasteiger partial charge in [-0.3, -0.25) is 5.10 Å². The fourth-order valence-corrected chi connectivity index (χ4v) is 0.608. The van der Waals surface area contributed by atoms with Gasteiger partial charge in [0.05, 0.1) is 6.20 Å². The highest BCUT2D eigenvalue weighted by atomic mass is 36.0. The minimum absolute atomic E-state index is 0.602. The summed E-state index contributed by atoms with van der Waals surface area (Å²) in [5.41, 5.74) is 1.36. The summed E-state index contributed by atoms with van der Waals surface area (Å²) in [6.45, 7) is 0. The van der Waals surface area contributed by atoms with Gasteiger partial charge in [-0.25, -0.2) is 9.97 Å². The molecule has 0 aliphatic heterocycles. The molecule has 0 aliphatic rings. The van der Waals surface area contributed by atoms with Gasteiger partial charge in [-0.2, -0.15) is 8.42 Å². The lowest BCUT2D eigenvalue weighted by Gasteiger charge is -1.78. The molecule has 0 amide bonds. The van der Waals surface area contributed by atoms with Crippen LogP contribution in [0.3, 0.4) is 0 Å². The predicted octanol–water partition coefficient (Wildman–Crippen LogP) is 0.457. The number of nitrogens with one attached hydrogen (secondary N) is 1.